The molecule has 0 radical (unpaired) electrons. The zero-order chi connectivity index (χ0) is 20.6. The monoisotopic (exact) mass is 409 g/mol. The molecule has 0 spiro atoms. The van der Waals surface area contributed by atoms with Crippen molar-refractivity contribution in [3.63, 3.8) is 0 Å². The zero-order valence-corrected chi connectivity index (χ0v) is 16.0. The predicted molar refractivity (Wildman–Crippen MR) is 99.9 cm³/mol. The Hall–Kier alpha value is -2.22. The van der Waals surface area contributed by atoms with Crippen LogP contribution in [0.1, 0.15) is 66.2 Å². The van der Waals surface area contributed by atoms with Gasteiger partial charge in [0.2, 0.25) is 0 Å². The summed E-state index contributed by atoms with van der Waals surface area (Å²) >= 11 is 0. The average molecular weight is 409 g/mol. The van der Waals surface area contributed by atoms with Crippen molar-refractivity contribution in [1.29, 1.82) is 0 Å². The van der Waals surface area contributed by atoms with Crippen molar-refractivity contribution < 1.29 is 17.6 Å². The van der Waals surface area contributed by atoms with Crippen LogP contribution in [0.4, 0.5) is 17.6 Å². The number of aromatic amines is 1. The lowest BCUT2D eigenvalue weighted by atomic mass is 9.88. The number of hydrogen-bond donors (Lipinski definition) is 1. The fraction of sp³-hybridized carbons (Fsp3) is 0.524. The summed E-state index contributed by atoms with van der Waals surface area (Å²) in [6.07, 6.45) is 1.45. The number of fused-ring (bicyclic) bond motifs is 1. The van der Waals surface area contributed by atoms with Crippen LogP contribution in [-0.4, -0.2) is 21.4 Å². The smallest absolute Gasteiger partial charge is 0.310 e. The highest BCUT2D eigenvalue weighted by Crippen LogP contribution is 2.33. The molecule has 0 atom stereocenters. The van der Waals surface area contributed by atoms with Gasteiger partial charge >= 0.3 is 6.18 Å². The number of aromatic nitrogens is 2. The normalized spacial score (nSPS) is 18.6. The molecule has 29 heavy (non-hydrogen) atoms. The predicted octanol–water partition coefficient (Wildman–Crippen LogP) is 4.53. The van der Waals surface area contributed by atoms with Gasteiger partial charge in [0.25, 0.3) is 5.56 Å². The van der Waals surface area contributed by atoms with Gasteiger partial charge in [-0.1, -0.05) is 25.3 Å². The van der Waals surface area contributed by atoms with Gasteiger partial charge in [0, 0.05) is 32.0 Å². The van der Waals surface area contributed by atoms with E-state index in [0.29, 0.717) is 36.6 Å². The zero-order valence-electron chi connectivity index (χ0n) is 16.0. The summed E-state index contributed by atoms with van der Waals surface area (Å²) in [5.74, 6) is -0.198. The van der Waals surface area contributed by atoms with Crippen LogP contribution in [0.3, 0.4) is 0 Å². The van der Waals surface area contributed by atoms with Gasteiger partial charge in [0.1, 0.15) is 11.6 Å². The van der Waals surface area contributed by atoms with E-state index in [9.17, 15) is 22.4 Å². The molecule has 2 aromatic rings. The van der Waals surface area contributed by atoms with E-state index in [0.717, 1.165) is 49.3 Å². The van der Waals surface area contributed by atoms with Crippen LogP contribution in [-0.2, 0) is 25.7 Å². The van der Waals surface area contributed by atoms with Gasteiger partial charge < -0.3 is 4.98 Å². The maximum atomic E-state index is 13.5. The lowest BCUT2D eigenvalue weighted by molar-refractivity contribution is -0.140. The number of nitrogens with one attached hydrogen (secondary N) is 1. The number of benzene rings is 1. The molecule has 1 aliphatic heterocycles. The molecule has 1 aromatic heterocycles. The topological polar surface area (TPSA) is 49.0 Å². The molecule has 4 nitrogen and oxygen atoms in total. The fourth-order valence-electron chi connectivity index (χ4n) is 4.35. The van der Waals surface area contributed by atoms with Crippen molar-refractivity contribution in [3.8, 4) is 0 Å². The molecule has 1 aliphatic carbocycles. The first-order valence-electron chi connectivity index (χ1n) is 10.0. The van der Waals surface area contributed by atoms with Gasteiger partial charge in [-0.2, -0.15) is 13.2 Å². The molecule has 0 unspecified atom stereocenters. The Morgan fingerprint density at radius 3 is 2.66 bits per heavy atom. The van der Waals surface area contributed by atoms with Crippen molar-refractivity contribution in [1.82, 2.24) is 14.9 Å². The number of hydrogen-bond acceptors (Lipinski definition) is 3. The summed E-state index contributed by atoms with van der Waals surface area (Å²) in [4.78, 5) is 22.2. The van der Waals surface area contributed by atoms with Gasteiger partial charge in [0.15, 0.2) is 0 Å². The van der Waals surface area contributed by atoms with E-state index < -0.39 is 17.6 Å². The third-order valence-electron chi connectivity index (χ3n) is 5.90. The third-order valence-corrected chi connectivity index (χ3v) is 5.90. The maximum Gasteiger partial charge on any atom is 0.419 e. The van der Waals surface area contributed by atoms with Crippen molar-refractivity contribution >= 4 is 0 Å². The summed E-state index contributed by atoms with van der Waals surface area (Å²) in [5.41, 5.74) is 0.319. The lowest BCUT2D eigenvalue weighted by Crippen LogP contribution is -2.36. The van der Waals surface area contributed by atoms with Gasteiger partial charge in [-0.25, -0.2) is 9.37 Å². The molecule has 1 fully saturated rings. The summed E-state index contributed by atoms with van der Waals surface area (Å²) < 4.78 is 52.3. The number of alkyl halides is 3. The molecular formula is C21H23F4N3O. The molecule has 0 bridgehead atoms. The minimum Gasteiger partial charge on any atom is -0.310 e. The molecule has 8 heteroatoms. The Kier molecular flexibility index (Phi) is 5.46. The lowest BCUT2D eigenvalue weighted by Gasteiger charge is -2.29. The minimum atomic E-state index is -4.73. The molecule has 4 rings (SSSR count). The third kappa shape index (κ3) is 4.37. The second kappa shape index (κ2) is 7.89. The van der Waals surface area contributed by atoms with Crippen LogP contribution in [0.5, 0.6) is 0 Å². The van der Waals surface area contributed by atoms with Crippen molar-refractivity contribution in [2.75, 3.05) is 6.54 Å². The van der Waals surface area contributed by atoms with Gasteiger partial charge in [0.05, 0.1) is 16.8 Å². The molecule has 0 saturated heterocycles. The quantitative estimate of drug-likeness (QED) is 0.758. The second-order valence-electron chi connectivity index (χ2n) is 7.98. The highest BCUT2D eigenvalue weighted by Gasteiger charge is 2.34. The van der Waals surface area contributed by atoms with Crippen LogP contribution in [0, 0.1) is 5.82 Å². The van der Waals surface area contributed by atoms with E-state index in [1.807, 2.05) is 4.90 Å². The standard InChI is InChI=1S/C21H23F4N3O/c22-17-7-6-13(10-16(17)21(23,24)25)11-28-9-8-18-15(12-28)20(29)27-19(26-18)14-4-2-1-3-5-14/h6-7,10,14H,1-5,8-9,11-12H2,(H,26,27,29). The molecule has 1 aromatic carbocycles. The average Bonchev–Trinajstić information content (AvgIpc) is 2.69. The molecule has 2 aliphatic rings. The van der Waals surface area contributed by atoms with Crippen LogP contribution in [0.2, 0.25) is 0 Å². The van der Waals surface area contributed by atoms with Gasteiger partial charge in [-0.05, 0) is 30.5 Å². The van der Waals surface area contributed by atoms with Crippen molar-refractivity contribution in [3.05, 3.63) is 62.6 Å². The summed E-state index contributed by atoms with van der Waals surface area (Å²) in [6.45, 7) is 1.13. The first kappa shape index (κ1) is 20.1. The molecule has 0 amide bonds. The molecule has 1 saturated carbocycles. The molecule has 1 N–H and O–H groups in total. The van der Waals surface area contributed by atoms with E-state index >= 15 is 0 Å². The Balaban J connectivity index is 1.51. The Morgan fingerprint density at radius 2 is 1.93 bits per heavy atom. The van der Waals surface area contributed by atoms with Crippen LogP contribution < -0.4 is 5.56 Å². The van der Waals surface area contributed by atoms with E-state index in [1.54, 1.807) is 0 Å². The van der Waals surface area contributed by atoms with Crippen molar-refractivity contribution in [2.24, 2.45) is 0 Å². The Morgan fingerprint density at radius 1 is 1.17 bits per heavy atom. The summed E-state index contributed by atoms with van der Waals surface area (Å²) in [6, 6.07) is 3.05. The van der Waals surface area contributed by atoms with Crippen molar-refractivity contribution in [2.45, 2.75) is 63.7 Å². The second-order valence-corrected chi connectivity index (χ2v) is 7.98. The number of H-pyrrole nitrogens is 1. The SMILES string of the molecule is O=c1[nH]c(C2CCCCC2)nc2c1CN(Cc1ccc(F)c(C(F)(F)F)c1)CC2. The largest absolute Gasteiger partial charge is 0.419 e. The van der Waals surface area contributed by atoms with E-state index in [4.69, 9.17) is 4.98 Å². The van der Waals surface area contributed by atoms with E-state index in [-0.39, 0.29) is 12.1 Å². The fourth-order valence-corrected chi connectivity index (χ4v) is 4.35. The van der Waals surface area contributed by atoms with Gasteiger partial charge in [-0.15, -0.1) is 0 Å². The molecule has 156 valence electrons. The van der Waals surface area contributed by atoms with Gasteiger partial charge in [-0.3, -0.25) is 9.69 Å². The Labute approximate surface area is 166 Å². The maximum absolute atomic E-state index is 13.5. The van der Waals surface area contributed by atoms with Crippen LogP contribution in [0.25, 0.3) is 0 Å². The van der Waals surface area contributed by atoms with E-state index in [1.165, 1.54) is 12.5 Å². The number of nitrogens with zero attached hydrogens (tertiary/aromatic N) is 2. The summed E-state index contributed by atoms with van der Waals surface area (Å²) in [5, 5.41) is 0. The number of halogens is 4. The highest BCUT2D eigenvalue weighted by atomic mass is 19.4. The first-order valence-corrected chi connectivity index (χ1v) is 10.0. The van der Waals surface area contributed by atoms with Crippen LogP contribution >= 0.6 is 0 Å². The summed E-state index contributed by atoms with van der Waals surface area (Å²) in [7, 11) is 0. The Bertz CT molecular complexity index is 948. The highest BCUT2D eigenvalue weighted by molar-refractivity contribution is 5.28. The van der Waals surface area contributed by atoms with Crippen LogP contribution in [0.15, 0.2) is 23.0 Å². The minimum absolute atomic E-state index is 0.157. The van der Waals surface area contributed by atoms with E-state index in [2.05, 4.69) is 4.98 Å². The molecular weight excluding hydrogens is 386 g/mol. The number of rotatable bonds is 3. The first-order chi connectivity index (χ1) is 13.8. The molecule has 2 heterocycles.